The lowest BCUT2D eigenvalue weighted by molar-refractivity contribution is -0.145. The Balaban J connectivity index is 1.20. The summed E-state index contributed by atoms with van der Waals surface area (Å²) in [5.74, 6) is 2.56. The van der Waals surface area contributed by atoms with Crippen molar-refractivity contribution in [3.63, 3.8) is 0 Å². The van der Waals surface area contributed by atoms with Crippen LogP contribution in [0.5, 0.6) is 0 Å². The molecule has 154 valence electrons. The van der Waals surface area contributed by atoms with Crippen molar-refractivity contribution in [3.05, 3.63) is 24.4 Å². The first-order chi connectivity index (χ1) is 13.4. The summed E-state index contributed by atoms with van der Waals surface area (Å²) in [5, 5.41) is 0. The maximum absolute atomic E-state index is 12.9. The standard InChI is InChI=1S/C23H36N4O/c1-23(2,3)19-9-7-18(8-10-19)22(28)27-16-20(17-27)25-12-14-26(15-13-25)21-6-4-5-11-24-21/h4-6,11,18-20H,7-10,12-17H2,1-3H3. The van der Waals surface area contributed by atoms with E-state index in [1.165, 1.54) is 12.8 Å². The van der Waals surface area contributed by atoms with E-state index in [4.69, 9.17) is 0 Å². The topological polar surface area (TPSA) is 39.7 Å². The van der Waals surface area contributed by atoms with Crippen LogP contribution in [0.2, 0.25) is 0 Å². The van der Waals surface area contributed by atoms with Gasteiger partial charge in [-0.3, -0.25) is 9.69 Å². The summed E-state index contributed by atoms with van der Waals surface area (Å²) in [6.07, 6.45) is 6.47. The molecular weight excluding hydrogens is 348 g/mol. The van der Waals surface area contributed by atoms with E-state index >= 15 is 0 Å². The number of carbonyl (C=O) groups excluding carboxylic acids is 1. The molecule has 0 atom stereocenters. The van der Waals surface area contributed by atoms with Crippen molar-refractivity contribution in [3.8, 4) is 0 Å². The quantitative estimate of drug-likeness (QED) is 0.802. The Bertz CT molecular complexity index is 649. The number of nitrogens with zero attached hydrogens (tertiary/aromatic N) is 4. The molecule has 4 rings (SSSR count). The van der Waals surface area contributed by atoms with Gasteiger partial charge in [0.15, 0.2) is 0 Å². The molecule has 5 nitrogen and oxygen atoms in total. The van der Waals surface area contributed by atoms with Crippen molar-refractivity contribution in [1.29, 1.82) is 0 Å². The third-order valence-corrected chi connectivity index (χ3v) is 7.28. The number of hydrogen-bond acceptors (Lipinski definition) is 4. The van der Waals surface area contributed by atoms with Crippen LogP contribution in [0.3, 0.4) is 0 Å². The van der Waals surface area contributed by atoms with Gasteiger partial charge in [-0.2, -0.15) is 0 Å². The number of pyridine rings is 1. The molecule has 0 unspecified atom stereocenters. The molecule has 3 aliphatic rings. The van der Waals surface area contributed by atoms with Crippen molar-refractivity contribution in [2.75, 3.05) is 44.2 Å². The van der Waals surface area contributed by atoms with Gasteiger partial charge >= 0.3 is 0 Å². The van der Waals surface area contributed by atoms with E-state index < -0.39 is 0 Å². The largest absolute Gasteiger partial charge is 0.354 e. The maximum atomic E-state index is 12.9. The highest BCUT2D eigenvalue weighted by Gasteiger charge is 2.40. The summed E-state index contributed by atoms with van der Waals surface area (Å²) in [5.41, 5.74) is 0.382. The fraction of sp³-hybridized carbons (Fsp3) is 0.739. The SMILES string of the molecule is CC(C)(C)C1CCC(C(=O)N2CC(N3CCN(c4ccccn4)CC3)C2)CC1. The summed E-state index contributed by atoms with van der Waals surface area (Å²) in [4.78, 5) is 24.4. The molecule has 1 saturated carbocycles. The Labute approximate surface area is 170 Å². The molecule has 2 saturated heterocycles. The predicted octanol–water partition coefficient (Wildman–Crippen LogP) is 3.27. The van der Waals surface area contributed by atoms with Crippen LogP contribution in [0.1, 0.15) is 46.5 Å². The van der Waals surface area contributed by atoms with Crippen molar-refractivity contribution in [1.82, 2.24) is 14.8 Å². The Morgan fingerprint density at radius 1 is 1.00 bits per heavy atom. The van der Waals surface area contributed by atoms with Gasteiger partial charge in [0.2, 0.25) is 5.91 Å². The van der Waals surface area contributed by atoms with Crippen molar-refractivity contribution >= 4 is 11.7 Å². The molecule has 1 aromatic heterocycles. The molecule has 2 aliphatic heterocycles. The summed E-state index contributed by atoms with van der Waals surface area (Å²) in [6.45, 7) is 13.1. The van der Waals surface area contributed by atoms with Crippen molar-refractivity contribution in [2.45, 2.75) is 52.5 Å². The van der Waals surface area contributed by atoms with Crippen LogP contribution < -0.4 is 4.90 Å². The van der Waals surface area contributed by atoms with E-state index in [1.807, 2.05) is 12.3 Å². The zero-order valence-corrected chi connectivity index (χ0v) is 17.8. The highest BCUT2D eigenvalue weighted by molar-refractivity contribution is 5.79. The molecule has 1 amide bonds. The van der Waals surface area contributed by atoms with Gasteiger partial charge in [0.25, 0.3) is 0 Å². The molecule has 3 heterocycles. The number of likely N-dealkylation sites (tertiary alicyclic amines) is 1. The molecular formula is C23H36N4O. The van der Waals surface area contributed by atoms with Crippen LogP contribution in [-0.2, 0) is 4.79 Å². The van der Waals surface area contributed by atoms with Crippen LogP contribution in [0.25, 0.3) is 0 Å². The second-order valence-electron chi connectivity index (χ2n) is 10.0. The molecule has 0 radical (unpaired) electrons. The molecule has 3 fully saturated rings. The highest BCUT2D eigenvalue weighted by Crippen LogP contribution is 2.40. The Kier molecular flexibility index (Phi) is 5.64. The molecule has 0 N–H and O–H groups in total. The molecule has 0 bridgehead atoms. The molecule has 0 aromatic carbocycles. The molecule has 1 aromatic rings. The van der Waals surface area contributed by atoms with E-state index in [9.17, 15) is 4.79 Å². The monoisotopic (exact) mass is 384 g/mol. The van der Waals surface area contributed by atoms with E-state index in [1.54, 1.807) is 0 Å². The molecule has 5 heteroatoms. The fourth-order valence-corrected chi connectivity index (χ4v) is 5.19. The summed E-state index contributed by atoms with van der Waals surface area (Å²) in [7, 11) is 0. The first kappa shape index (κ1) is 19.7. The third kappa shape index (κ3) is 4.19. The average molecular weight is 385 g/mol. The summed E-state index contributed by atoms with van der Waals surface area (Å²) >= 11 is 0. The number of rotatable bonds is 3. The normalized spacial score (nSPS) is 27.5. The smallest absolute Gasteiger partial charge is 0.225 e. The Morgan fingerprint density at radius 2 is 1.68 bits per heavy atom. The van der Waals surface area contributed by atoms with E-state index in [2.05, 4.69) is 52.6 Å². The van der Waals surface area contributed by atoms with Gasteiger partial charge in [0, 0.05) is 57.4 Å². The van der Waals surface area contributed by atoms with Crippen LogP contribution in [0, 0.1) is 17.3 Å². The van der Waals surface area contributed by atoms with Crippen LogP contribution in [0.4, 0.5) is 5.82 Å². The van der Waals surface area contributed by atoms with Gasteiger partial charge in [-0.25, -0.2) is 4.98 Å². The second-order valence-corrected chi connectivity index (χ2v) is 10.0. The minimum Gasteiger partial charge on any atom is -0.354 e. The van der Waals surface area contributed by atoms with Crippen LogP contribution in [-0.4, -0.2) is 66.0 Å². The van der Waals surface area contributed by atoms with E-state index in [0.717, 1.165) is 63.8 Å². The lowest BCUT2D eigenvalue weighted by atomic mass is 9.69. The average Bonchev–Trinajstić information content (AvgIpc) is 2.67. The lowest BCUT2D eigenvalue weighted by Crippen LogP contribution is -2.65. The number of amides is 1. The minimum absolute atomic E-state index is 0.278. The number of anilines is 1. The third-order valence-electron chi connectivity index (χ3n) is 7.28. The number of hydrogen-bond donors (Lipinski definition) is 0. The molecule has 28 heavy (non-hydrogen) atoms. The van der Waals surface area contributed by atoms with Crippen LogP contribution >= 0.6 is 0 Å². The van der Waals surface area contributed by atoms with Crippen LogP contribution in [0.15, 0.2) is 24.4 Å². The van der Waals surface area contributed by atoms with Gasteiger partial charge in [-0.1, -0.05) is 26.8 Å². The number of piperazine rings is 1. The van der Waals surface area contributed by atoms with Gasteiger partial charge < -0.3 is 9.80 Å². The van der Waals surface area contributed by atoms with Gasteiger partial charge in [0.05, 0.1) is 0 Å². The summed E-state index contributed by atoms with van der Waals surface area (Å²) in [6, 6.07) is 6.67. The fourth-order valence-electron chi connectivity index (χ4n) is 5.19. The zero-order chi connectivity index (χ0) is 19.7. The van der Waals surface area contributed by atoms with E-state index in [0.29, 0.717) is 17.4 Å². The maximum Gasteiger partial charge on any atom is 0.225 e. The van der Waals surface area contributed by atoms with Gasteiger partial charge in [0.1, 0.15) is 5.82 Å². The van der Waals surface area contributed by atoms with Crippen molar-refractivity contribution in [2.24, 2.45) is 17.3 Å². The molecule has 0 spiro atoms. The lowest BCUT2D eigenvalue weighted by Gasteiger charge is -2.49. The molecule has 1 aliphatic carbocycles. The first-order valence-electron chi connectivity index (χ1n) is 11.1. The first-order valence-corrected chi connectivity index (χ1v) is 11.1. The van der Waals surface area contributed by atoms with Gasteiger partial charge in [-0.05, 0) is 49.1 Å². The van der Waals surface area contributed by atoms with E-state index in [-0.39, 0.29) is 5.92 Å². The predicted molar refractivity (Wildman–Crippen MR) is 113 cm³/mol. The zero-order valence-electron chi connectivity index (χ0n) is 17.8. The van der Waals surface area contributed by atoms with Gasteiger partial charge in [-0.15, -0.1) is 0 Å². The number of aromatic nitrogens is 1. The minimum atomic E-state index is 0.278. The number of carbonyl (C=O) groups is 1. The Hall–Kier alpha value is -1.62. The second kappa shape index (κ2) is 8.02. The highest BCUT2D eigenvalue weighted by atomic mass is 16.2. The van der Waals surface area contributed by atoms with Crippen molar-refractivity contribution < 1.29 is 4.79 Å². The Morgan fingerprint density at radius 3 is 2.25 bits per heavy atom. The summed E-state index contributed by atoms with van der Waals surface area (Å²) < 4.78 is 0.